The summed E-state index contributed by atoms with van der Waals surface area (Å²) < 4.78 is 141. The zero-order chi connectivity index (χ0) is 71.7. The van der Waals surface area contributed by atoms with Crippen molar-refractivity contribution in [3.63, 3.8) is 0 Å². The molecule has 1 spiro atoms. The highest BCUT2D eigenvalue weighted by Gasteiger charge is 2.86. The topological polar surface area (TPSA) is 321 Å². The Bertz CT molecular complexity index is 3080. The Labute approximate surface area is 576 Å². The van der Waals surface area contributed by atoms with Crippen molar-refractivity contribution in [2.45, 2.75) is 173 Å². The van der Waals surface area contributed by atoms with Gasteiger partial charge < -0.3 is 88.2 Å². The van der Waals surface area contributed by atoms with E-state index in [-0.39, 0.29) is 210 Å². The van der Waals surface area contributed by atoms with Crippen LogP contribution in [0.2, 0.25) is 48.4 Å². The second kappa shape index (κ2) is 35.0. The molecule has 0 radical (unpaired) electrons. The fraction of sp³-hybridized carbons (Fsp3) is 0.607. The lowest BCUT2D eigenvalue weighted by molar-refractivity contribution is -0.140. The summed E-state index contributed by atoms with van der Waals surface area (Å²) >= 11 is 0. The van der Waals surface area contributed by atoms with Crippen LogP contribution in [0.25, 0.3) is 0 Å². The summed E-state index contributed by atoms with van der Waals surface area (Å²) in [4.78, 5) is 105. The van der Waals surface area contributed by atoms with E-state index >= 15 is 0 Å². The Hall–Kier alpha value is -5.06. The quantitative estimate of drug-likeness (QED) is 0.0182. The minimum absolute atomic E-state index is 0.00531. The first kappa shape index (κ1) is 80.9. The predicted molar refractivity (Wildman–Crippen MR) is 362 cm³/mol. The molecular weight excluding hydrogens is 1410 g/mol. The lowest BCUT2D eigenvalue weighted by atomic mass is 10.2. The number of carbonyl (C=O) groups excluding carboxylic acids is 8. The maximum atomic E-state index is 13.3. The molecule has 0 saturated carbocycles. The van der Waals surface area contributed by atoms with E-state index in [9.17, 15) is 38.4 Å². The Morgan fingerprint density at radius 1 is 0.299 bits per heavy atom. The van der Waals surface area contributed by atoms with Gasteiger partial charge in [-0.3, -0.25) is 0 Å². The Kier molecular flexibility index (Phi) is 29.2. The highest BCUT2D eigenvalue weighted by molar-refractivity contribution is 7.02. The van der Waals surface area contributed by atoms with Gasteiger partial charge in [0, 0.05) is 74.8 Å². The molecule has 9 unspecified atom stereocenters. The van der Waals surface area contributed by atoms with Crippen LogP contribution in [0.4, 0.5) is 0 Å². The van der Waals surface area contributed by atoms with Crippen LogP contribution in [0, 0.1) is 0 Å². The van der Waals surface area contributed by atoms with E-state index in [1.165, 1.54) is 55.4 Å². The minimum atomic E-state index is -5.15. The van der Waals surface area contributed by atoms with Crippen LogP contribution in [-0.2, 0) is 127 Å². The molecule has 0 amide bonds. The molecule has 0 aliphatic carbocycles. The number of esters is 8. The molecule has 36 heteroatoms. The van der Waals surface area contributed by atoms with Gasteiger partial charge in [-0.15, -0.1) is 0 Å². The number of fused-ring (bicyclic) bond motifs is 5. The second-order valence-electron chi connectivity index (χ2n) is 25.3. The molecule has 0 N–H and O–H groups in total. The van der Waals surface area contributed by atoms with Crippen molar-refractivity contribution in [3.05, 3.63) is 97.2 Å². The van der Waals surface area contributed by atoms with Gasteiger partial charge in [0.25, 0.3) is 0 Å². The van der Waals surface area contributed by atoms with Gasteiger partial charge in [0.05, 0.1) is 65.3 Å². The summed E-state index contributed by atoms with van der Waals surface area (Å²) in [6.07, 6.45) is -0.327. The summed E-state index contributed by atoms with van der Waals surface area (Å²) in [6, 6.07) is -0.791. The summed E-state index contributed by atoms with van der Waals surface area (Å²) in [7, 11) is -37.9. The Morgan fingerprint density at radius 2 is 0.567 bits per heavy atom. The van der Waals surface area contributed by atoms with Crippen LogP contribution in [0.5, 0.6) is 0 Å². The number of carbonyl (C=O) groups is 8. The van der Waals surface area contributed by atoms with Crippen molar-refractivity contribution in [1.29, 1.82) is 0 Å². The molecular formula is C61H96O28Si8. The maximum absolute atomic E-state index is 13.3. The van der Waals surface area contributed by atoms with Gasteiger partial charge in [-0.25, -0.2) is 38.4 Å². The third-order valence-electron chi connectivity index (χ3n) is 15.6. The number of hydrogen-bond donors (Lipinski definition) is 0. The SMILES string of the molecule is C=C(C)C(=O)OCCCC[Si]12OC[Si]3(CCCOC(=O)C(=C)C)O[Si]4(CCCOC(=O)C(=C)C)CO[Si](CCCOC(=O)C(=C)C)(O1)O[Si]1(CCCOC(=O)C(=C)C)O[Si](CCCOC(=O)C(=C)C)(OC5(CCCOC(=O)C(=C)C)C[Si](CCCOC(=O)C(=C)C)(O3)O[Si]5(O4)O1)O2. The summed E-state index contributed by atoms with van der Waals surface area (Å²) in [5.74, 6) is -5.30. The van der Waals surface area contributed by atoms with E-state index in [1.54, 1.807) is 0 Å². The first-order valence-corrected chi connectivity index (χ1v) is 48.6. The highest BCUT2D eigenvalue weighted by atomic mass is 28.6. The van der Waals surface area contributed by atoms with Crippen LogP contribution < -0.4 is 0 Å². The van der Waals surface area contributed by atoms with Crippen LogP contribution in [0.3, 0.4) is 0 Å². The molecule has 6 fully saturated rings. The third-order valence-corrected chi connectivity index (χ3v) is 53.1. The predicted octanol–water partition coefficient (Wildman–Crippen LogP) is 8.50. The van der Waals surface area contributed by atoms with Gasteiger partial charge in [-0.05, 0) is 138 Å². The average molecular weight is 1500 g/mol. The van der Waals surface area contributed by atoms with Crippen molar-refractivity contribution < 1.29 is 127 Å². The Balaban J connectivity index is 1.78. The van der Waals surface area contributed by atoms with E-state index in [4.69, 9.17) is 88.2 Å². The molecule has 9 atom stereocenters. The molecule has 28 nitrogen and oxygen atoms in total. The first-order chi connectivity index (χ1) is 45.6. The van der Waals surface area contributed by atoms with Crippen LogP contribution in [0.1, 0.15) is 120 Å². The molecule has 8 bridgehead atoms. The number of rotatable bonds is 41. The summed E-state index contributed by atoms with van der Waals surface area (Å²) in [6.45, 7) is 40.7. The normalized spacial score (nSPS) is 28.8. The van der Waals surface area contributed by atoms with Crippen LogP contribution in [0.15, 0.2) is 97.2 Å². The number of hydrogen-bond acceptors (Lipinski definition) is 28. The lowest BCUT2D eigenvalue weighted by Gasteiger charge is -2.53. The van der Waals surface area contributed by atoms with E-state index in [1.807, 2.05) is 0 Å². The highest BCUT2D eigenvalue weighted by Crippen LogP contribution is 2.60. The lowest BCUT2D eigenvalue weighted by Crippen LogP contribution is -2.76. The third kappa shape index (κ3) is 22.0. The zero-order valence-corrected chi connectivity index (χ0v) is 65.4. The van der Waals surface area contributed by atoms with Crippen molar-refractivity contribution in [3.8, 4) is 0 Å². The van der Waals surface area contributed by atoms with Gasteiger partial charge in [-0.2, -0.15) is 0 Å². The average Bonchev–Trinajstić information content (AvgIpc) is 1.52. The van der Waals surface area contributed by atoms with Gasteiger partial charge in [0.1, 0.15) is 5.22 Å². The van der Waals surface area contributed by atoms with E-state index in [2.05, 4.69) is 52.6 Å². The van der Waals surface area contributed by atoms with E-state index < -0.39 is 135 Å². The fourth-order valence-corrected chi connectivity index (χ4v) is 61.3. The largest absolute Gasteiger partial charge is 0.508 e. The smallest absolute Gasteiger partial charge is 0.462 e. The molecule has 540 valence electrons. The van der Waals surface area contributed by atoms with Crippen molar-refractivity contribution >= 4 is 117 Å². The monoisotopic (exact) mass is 1500 g/mol. The van der Waals surface area contributed by atoms with E-state index in [0.717, 1.165) is 0 Å². The molecule has 97 heavy (non-hydrogen) atoms. The molecule has 6 saturated heterocycles. The fourth-order valence-electron chi connectivity index (χ4n) is 11.1. The van der Waals surface area contributed by atoms with Gasteiger partial charge >= 0.3 is 117 Å². The molecule has 0 aromatic heterocycles. The maximum Gasteiger partial charge on any atom is 0.508 e. The van der Waals surface area contributed by atoms with Gasteiger partial charge in [0.2, 0.25) is 0 Å². The molecule has 6 rings (SSSR count). The number of unbranched alkanes of at least 4 members (excludes halogenated alkanes) is 1. The molecule has 0 aromatic rings. The van der Waals surface area contributed by atoms with E-state index in [0.29, 0.717) is 0 Å². The van der Waals surface area contributed by atoms with Crippen LogP contribution in [-0.4, -0.2) is 188 Å². The summed E-state index contributed by atoms with van der Waals surface area (Å²) in [5.41, 5.74) is 1.15. The molecule has 6 aliphatic heterocycles. The van der Waals surface area contributed by atoms with Gasteiger partial charge in [0.15, 0.2) is 0 Å². The summed E-state index contributed by atoms with van der Waals surface area (Å²) in [5, 5.41) is -1.89. The van der Waals surface area contributed by atoms with Crippen LogP contribution >= 0.6 is 0 Å². The van der Waals surface area contributed by atoms with Gasteiger partial charge in [-0.1, -0.05) is 52.6 Å². The number of ether oxygens (including phenoxy) is 8. The van der Waals surface area contributed by atoms with Crippen molar-refractivity contribution in [2.24, 2.45) is 0 Å². The second-order valence-corrected chi connectivity index (χ2v) is 50.8. The minimum Gasteiger partial charge on any atom is -0.462 e. The van der Waals surface area contributed by atoms with Crippen molar-refractivity contribution in [1.82, 2.24) is 0 Å². The standard InChI is InChI=1S/C61H96O28Si8/c1-45(2)53(62)70-27-17-18-38-93-78-43-91(36-21-30-73-56(65)48(7)8)81-90(35-20-29-72-55(64)47(5)6)42-61(26-19-28-71-54(63)46(3)4)80-95(86-93,40-24-33-76-59(68)51(13)14)88-96(41-25-34-77-60(69)52(15)16)87-94(85-93,39-23-32-75-58(67)50(11)12)79-44-92(82-91,84-97(61,83-90)89-96)37-22-31-74-57(66)49(9)10/h1,3,5,7,9,11,13,15,17-44H2,2,4,6,8,10,12,14,16H3. The zero-order valence-electron chi connectivity index (χ0n) is 57.4. The Morgan fingerprint density at radius 3 is 0.959 bits per heavy atom. The molecule has 6 heterocycles. The molecule has 6 aliphatic rings. The molecule has 0 aromatic carbocycles. The first-order valence-electron chi connectivity index (χ1n) is 32.5. The van der Waals surface area contributed by atoms with Crippen molar-refractivity contribution in [2.75, 3.05) is 65.3 Å².